The molecule has 0 aromatic rings. The molecule has 3 aliphatic carbocycles. The van der Waals surface area contributed by atoms with E-state index in [9.17, 15) is 20.1 Å². The van der Waals surface area contributed by atoms with E-state index in [-0.39, 0.29) is 85.9 Å². The van der Waals surface area contributed by atoms with Crippen molar-refractivity contribution in [3.63, 3.8) is 0 Å². The standard InChI is InChI=1S/C30H51NO6.Ac/c1-14-12-21-29(34,13-36-21)25-19(6)30(35)18(5)24(37-26(33)23(32)20(7)31-11)16(3)22(27(30,8)9)15(2)17(4)28(14,25)10;/h14-15,17-21,23-25,31-32,34-35H,12-13H2,1-11H3;/t14?,15-,17?,18-,19-,20?,21?,23?,24?,25?,28-,29?,30?;/m0./s1. The van der Waals surface area contributed by atoms with Gasteiger partial charge in [-0.25, -0.2) is 4.79 Å². The average molecular weight is 749 g/mol. The van der Waals surface area contributed by atoms with Crippen LogP contribution in [0.4, 0.5) is 0 Å². The zero-order valence-corrected chi connectivity index (χ0v) is 30.1. The van der Waals surface area contributed by atoms with Gasteiger partial charge in [-0.1, -0.05) is 61.0 Å². The maximum absolute atomic E-state index is 13.1. The third kappa shape index (κ3) is 4.12. The van der Waals surface area contributed by atoms with Crippen molar-refractivity contribution in [3.05, 3.63) is 11.1 Å². The summed E-state index contributed by atoms with van der Waals surface area (Å²) in [7, 11) is 1.69. The number of aliphatic hydroxyl groups excluding tert-OH is 1. The van der Waals surface area contributed by atoms with Crippen LogP contribution in [-0.2, 0) is 14.3 Å². The van der Waals surface area contributed by atoms with E-state index in [0.29, 0.717) is 5.92 Å². The van der Waals surface area contributed by atoms with E-state index in [1.54, 1.807) is 14.0 Å². The molecule has 4 rings (SSSR count). The van der Waals surface area contributed by atoms with E-state index in [1.807, 2.05) is 13.8 Å². The summed E-state index contributed by atoms with van der Waals surface area (Å²) in [6.45, 7) is 21.4. The predicted molar refractivity (Wildman–Crippen MR) is 143 cm³/mol. The van der Waals surface area contributed by atoms with E-state index < -0.39 is 46.8 Å². The van der Waals surface area contributed by atoms with Gasteiger partial charge in [0.1, 0.15) is 11.7 Å². The number of carbonyl (C=O) groups is 1. The first-order valence-corrected chi connectivity index (χ1v) is 14.3. The van der Waals surface area contributed by atoms with Crippen LogP contribution in [0, 0.1) is 90.4 Å². The van der Waals surface area contributed by atoms with Gasteiger partial charge in [-0.05, 0) is 62.0 Å². The topological polar surface area (TPSA) is 108 Å². The van der Waals surface area contributed by atoms with E-state index in [1.165, 1.54) is 0 Å². The van der Waals surface area contributed by atoms with Crippen LogP contribution < -0.4 is 5.32 Å². The number of ether oxygens (including phenoxy) is 2. The molecule has 1 saturated heterocycles. The zero-order valence-electron chi connectivity index (χ0n) is 25.3. The summed E-state index contributed by atoms with van der Waals surface area (Å²) in [6.07, 6.45) is -1.40. The number of carbonyl (C=O) groups excluding carboxylic acids is 1. The number of likely N-dealkylation sites (N-methyl/N-ethyl adjacent to an activating group) is 1. The minimum atomic E-state index is -1.31. The van der Waals surface area contributed by atoms with E-state index in [2.05, 4.69) is 53.8 Å². The number of rotatable bonds is 4. The van der Waals surface area contributed by atoms with Crippen LogP contribution in [0.5, 0.6) is 0 Å². The minimum absolute atomic E-state index is 0. The quantitative estimate of drug-likeness (QED) is 0.259. The first-order chi connectivity index (χ1) is 16.9. The largest absolute Gasteiger partial charge is 0.455 e. The molecule has 0 amide bonds. The fourth-order valence-corrected chi connectivity index (χ4v) is 9.80. The Balaban J connectivity index is 0.00000400. The summed E-state index contributed by atoms with van der Waals surface area (Å²) in [6, 6.07) is -0.462. The Kier molecular flexibility index (Phi) is 9.21. The minimum Gasteiger partial charge on any atom is -0.455 e. The molecule has 3 fully saturated rings. The Bertz CT molecular complexity index is 970. The SMILES string of the molecule is CNC(C)C(O)C(=O)OC1C(C)=C2[C@@H](C)C(C)[C@]3(C)C(C)CC4OCC4(O)C3[C@H](C)C(O)([C@H]1C)C2(C)C.[Ac]. The van der Waals surface area contributed by atoms with Crippen molar-refractivity contribution in [1.29, 1.82) is 0 Å². The van der Waals surface area contributed by atoms with Crippen molar-refractivity contribution in [1.82, 2.24) is 5.32 Å². The second-order valence-corrected chi connectivity index (χ2v) is 13.9. The van der Waals surface area contributed by atoms with Crippen molar-refractivity contribution in [2.75, 3.05) is 13.7 Å². The van der Waals surface area contributed by atoms with Crippen LogP contribution in [0.1, 0.15) is 75.7 Å². The molecule has 4 aliphatic rings. The number of fused-ring (bicyclic) bond motifs is 5. The molecule has 9 unspecified atom stereocenters. The maximum atomic E-state index is 13.1. The van der Waals surface area contributed by atoms with Crippen molar-refractivity contribution < 1.29 is 73.7 Å². The fourth-order valence-electron chi connectivity index (χ4n) is 9.80. The number of aliphatic hydroxyl groups is 3. The van der Waals surface area contributed by atoms with Crippen LogP contribution in [0.3, 0.4) is 0 Å². The smallest absolute Gasteiger partial charge is 0.337 e. The van der Waals surface area contributed by atoms with Gasteiger partial charge < -0.3 is 30.1 Å². The Hall–Kier alpha value is 0.452. The molecule has 1 radical (unpaired) electrons. The van der Waals surface area contributed by atoms with E-state index >= 15 is 0 Å². The van der Waals surface area contributed by atoms with Crippen molar-refractivity contribution in [3.8, 4) is 0 Å². The third-order valence-electron chi connectivity index (χ3n) is 12.4. The molecule has 0 aromatic heterocycles. The maximum Gasteiger partial charge on any atom is 0.337 e. The molecule has 0 spiro atoms. The van der Waals surface area contributed by atoms with Gasteiger partial charge in [-0.3, -0.25) is 0 Å². The number of nitrogens with one attached hydrogen (secondary N) is 1. The molecule has 4 N–H and O–H groups in total. The van der Waals surface area contributed by atoms with E-state index in [4.69, 9.17) is 9.47 Å². The van der Waals surface area contributed by atoms with Crippen molar-refractivity contribution in [2.45, 2.75) is 111 Å². The summed E-state index contributed by atoms with van der Waals surface area (Å²) in [5, 5.41) is 38.6. The molecular formula is C30H51AcNO6. The fraction of sp³-hybridized carbons (Fsp3) is 0.900. The zero-order chi connectivity index (χ0) is 28.0. The van der Waals surface area contributed by atoms with Crippen molar-refractivity contribution >= 4 is 5.97 Å². The van der Waals surface area contributed by atoms with Gasteiger partial charge in [-0.15, -0.1) is 0 Å². The first kappa shape index (κ1) is 33.0. The van der Waals surface area contributed by atoms with Crippen LogP contribution in [0.25, 0.3) is 0 Å². The van der Waals surface area contributed by atoms with Gasteiger partial charge in [0.25, 0.3) is 0 Å². The molecule has 13 atom stereocenters. The molecule has 2 saturated carbocycles. The van der Waals surface area contributed by atoms with Gasteiger partial charge in [0.2, 0.25) is 0 Å². The molecule has 2 bridgehead atoms. The van der Waals surface area contributed by atoms with Gasteiger partial charge in [0, 0.05) is 67.4 Å². The number of esters is 1. The summed E-state index contributed by atoms with van der Waals surface area (Å²) in [5.74, 6) is -1.05. The summed E-state index contributed by atoms with van der Waals surface area (Å²) in [5.41, 5.74) is -1.03. The summed E-state index contributed by atoms with van der Waals surface area (Å²) < 4.78 is 12.0. The summed E-state index contributed by atoms with van der Waals surface area (Å²) in [4.78, 5) is 13.1. The third-order valence-corrected chi connectivity index (χ3v) is 12.4. The molecule has 1 heterocycles. The van der Waals surface area contributed by atoms with Crippen LogP contribution in [0.2, 0.25) is 0 Å². The molecular weight excluding hydrogens is 697 g/mol. The number of hydrogen-bond donors (Lipinski definition) is 4. The summed E-state index contributed by atoms with van der Waals surface area (Å²) >= 11 is 0. The monoisotopic (exact) mass is 748 g/mol. The molecule has 38 heavy (non-hydrogen) atoms. The molecule has 215 valence electrons. The van der Waals surface area contributed by atoms with E-state index in [0.717, 1.165) is 17.6 Å². The Labute approximate surface area is 265 Å². The van der Waals surface area contributed by atoms with Crippen LogP contribution in [-0.4, -0.2) is 70.5 Å². The molecule has 8 heteroatoms. The number of hydrogen-bond acceptors (Lipinski definition) is 7. The van der Waals surface area contributed by atoms with Gasteiger partial charge in [0.05, 0.1) is 18.3 Å². The molecule has 7 nitrogen and oxygen atoms in total. The van der Waals surface area contributed by atoms with Crippen LogP contribution in [0.15, 0.2) is 11.1 Å². The first-order valence-electron chi connectivity index (χ1n) is 14.3. The Morgan fingerprint density at radius 2 is 1.66 bits per heavy atom. The molecule has 0 aromatic carbocycles. The van der Waals surface area contributed by atoms with Gasteiger partial charge >= 0.3 is 5.97 Å². The van der Waals surface area contributed by atoms with Crippen molar-refractivity contribution in [2.24, 2.45) is 46.3 Å². The predicted octanol–water partition coefficient (Wildman–Crippen LogP) is 3.30. The van der Waals surface area contributed by atoms with Gasteiger partial charge in [-0.2, -0.15) is 0 Å². The second kappa shape index (κ2) is 10.6. The Morgan fingerprint density at radius 3 is 2.16 bits per heavy atom. The second-order valence-electron chi connectivity index (χ2n) is 13.9. The molecule has 1 aliphatic heterocycles. The normalized spacial score (nSPS) is 49.2. The van der Waals surface area contributed by atoms with Gasteiger partial charge in [0.15, 0.2) is 6.10 Å². The average Bonchev–Trinajstić information content (AvgIpc) is 2.84. The Morgan fingerprint density at radius 1 is 1.08 bits per heavy atom. The van der Waals surface area contributed by atoms with Crippen LogP contribution >= 0.6 is 0 Å².